The van der Waals surface area contributed by atoms with Crippen molar-refractivity contribution in [3.63, 3.8) is 0 Å². The topological polar surface area (TPSA) is 88.1 Å². The van der Waals surface area contributed by atoms with Crippen LogP contribution in [0.3, 0.4) is 0 Å². The van der Waals surface area contributed by atoms with Crippen molar-refractivity contribution in [2.75, 3.05) is 33.4 Å². The van der Waals surface area contributed by atoms with Crippen molar-refractivity contribution in [3.05, 3.63) is 0 Å². The number of likely N-dealkylation sites (tertiary alicyclic amines) is 1. The van der Waals surface area contributed by atoms with E-state index in [-0.39, 0.29) is 18.6 Å². The summed E-state index contributed by atoms with van der Waals surface area (Å²) < 4.78 is 10.4. The first-order valence-electron chi connectivity index (χ1n) is 6.97. The zero-order valence-electron chi connectivity index (χ0n) is 12.1. The van der Waals surface area contributed by atoms with Crippen LogP contribution < -0.4 is 5.32 Å². The van der Waals surface area contributed by atoms with Gasteiger partial charge >= 0.3 is 12.0 Å². The highest BCUT2D eigenvalue weighted by Gasteiger charge is 2.26. The quantitative estimate of drug-likeness (QED) is 0.719. The molecule has 7 heteroatoms. The Hall–Kier alpha value is -1.34. The first-order chi connectivity index (χ1) is 9.58. The van der Waals surface area contributed by atoms with Crippen LogP contribution in [0.15, 0.2) is 0 Å². The van der Waals surface area contributed by atoms with Crippen LogP contribution in [0.2, 0.25) is 0 Å². The molecule has 1 fully saturated rings. The van der Waals surface area contributed by atoms with Gasteiger partial charge in [-0.3, -0.25) is 0 Å². The number of ether oxygens (including phenoxy) is 2. The third kappa shape index (κ3) is 5.34. The van der Waals surface area contributed by atoms with Crippen molar-refractivity contribution in [1.82, 2.24) is 10.2 Å². The third-order valence-electron chi connectivity index (χ3n) is 3.34. The fourth-order valence-corrected chi connectivity index (χ4v) is 2.19. The molecule has 0 aliphatic carbocycles. The van der Waals surface area contributed by atoms with E-state index in [0.717, 1.165) is 12.8 Å². The number of hydrogen-bond acceptors (Lipinski definition) is 4. The summed E-state index contributed by atoms with van der Waals surface area (Å²) in [7, 11) is 1.50. The van der Waals surface area contributed by atoms with Crippen molar-refractivity contribution in [2.24, 2.45) is 0 Å². The molecule has 1 rings (SSSR count). The van der Waals surface area contributed by atoms with Crippen molar-refractivity contribution in [1.29, 1.82) is 0 Å². The molecule has 2 N–H and O–H groups in total. The van der Waals surface area contributed by atoms with Crippen LogP contribution in [0, 0.1) is 0 Å². The lowest BCUT2D eigenvalue weighted by molar-refractivity contribution is -0.139. The lowest BCUT2D eigenvalue weighted by Gasteiger charge is -2.32. The lowest BCUT2D eigenvalue weighted by Crippen LogP contribution is -2.51. The number of amides is 2. The minimum atomic E-state index is -1.04. The Bertz CT molecular complexity index is 316. The zero-order valence-corrected chi connectivity index (χ0v) is 12.1. The van der Waals surface area contributed by atoms with Gasteiger partial charge in [0.25, 0.3) is 0 Å². The summed E-state index contributed by atoms with van der Waals surface area (Å²) >= 11 is 0. The maximum atomic E-state index is 12.0. The molecule has 1 aliphatic rings. The Balaban J connectivity index is 2.39. The van der Waals surface area contributed by atoms with Gasteiger partial charge in [-0.1, -0.05) is 0 Å². The van der Waals surface area contributed by atoms with E-state index >= 15 is 0 Å². The first kappa shape index (κ1) is 16.7. The lowest BCUT2D eigenvalue weighted by atomic mass is 10.1. The summed E-state index contributed by atoms with van der Waals surface area (Å²) in [5.74, 6) is -1.04. The van der Waals surface area contributed by atoms with Gasteiger partial charge in [0, 0.05) is 39.8 Å². The van der Waals surface area contributed by atoms with Crippen LogP contribution in [0.4, 0.5) is 4.79 Å². The molecule has 0 aromatic heterocycles. The molecule has 0 radical (unpaired) electrons. The van der Waals surface area contributed by atoms with E-state index in [9.17, 15) is 9.59 Å². The van der Waals surface area contributed by atoms with Crippen molar-refractivity contribution in [3.8, 4) is 0 Å². The normalized spacial score (nSPS) is 17.8. The molecular formula is C13H24N2O5. The van der Waals surface area contributed by atoms with Gasteiger partial charge in [0.2, 0.25) is 0 Å². The Labute approximate surface area is 119 Å². The van der Waals surface area contributed by atoms with E-state index in [1.165, 1.54) is 7.11 Å². The van der Waals surface area contributed by atoms with Gasteiger partial charge in [0.1, 0.15) is 6.04 Å². The van der Waals surface area contributed by atoms with E-state index < -0.39 is 12.0 Å². The van der Waals surface area contributed by atoms with Crippen molar-refractivity contribution < 1.29 is 24.2 Å². The number of piperidine rings is 1. The minimum Gasteiger partial charge on any atom is -0.480 e. The number of carbonyl (C=O) groups is 2. The van der Waals surface area contributed by atoms with Crippen LogP contribution in [0.5, 0.6) is 0 Å². The van der Waals surface area contributed by atoms with Crippen LogP contribution in [0.1, 0.15) is 26.2 Å². The Morgan fingerprint density at radius 2 is 2.05 bits per heavy atom. The summed E-state index contributed by atoms with van der Waals surface area (Å²) in [6.07, 6.45) is 2.04. The highest BCUT2D eigenvalue weighted by atomic mass is 16.5. The molecule has 0 bridgehead atoms. The molecule has 2 amide bonds. The van der Waals surface area contributed by atoms with Gasteiger partial charge < -0.3 is 24.8 Å². The number of aliphatic carboxylic acids is 1. The van der Waals surface area contributed by atoms with Crippen molar-refractivity contribution >= 4 is 12.0 Å². The van der Waals surface area contributed by atoms with Gasteiger partial charge in [-0.15, -0.1) is 0 Å². The Morgan fingerprint density at radius 1 is 1.40 bits per heavy atom. The standard InChI is InChI=1S/C13H24N2O5/c1-3-20-10-4-7-15(8-5-10)13(18)14-11(12(16)17)6-9-19-2/h10-11H,3-9H2,1-2H3,(H,14,18)(H,16,17). The number of methoxy groups -OCH3 is 1. The fraction of sp³-hybridized carbons (Fsp3) is 0.846. The summed E-state index contributed by atoms with van der Waals surface area (Å²) in [5.41, 5.74) is 0. The number of hydrogen-bond donors (Lipinski definition) is 2. The number of carbonyl (C=O) groups excluding carboxylic acids is 1. The molecule has 20 heavy (non-hydrogen) atoms. The zero-order chi connectivity index (χ0) is 15.0. The first-order valence-corrected chi connectivity index (χ1v) is 6.97. The van der Waals surface area contributed by atoms with Gasteiger partial charge in [0.05, 0.1) is 6.10 Å². The average molecular weight is 288 g/mol. The third-order valence-corrected chi connectivity index (χ3v) is 3.34. The average Bonchev–Trinajstić information content (AvgIpc) is 2.44. The molecule has 7 nitrogen and oxygen atoms in total. The summed E-state index contributed by atoms with van der Waals surface area (Å²) in [6, 6.07) is -1.24. The molecular weight excluding hydrogens is 264 g/mol. The molecule has 0 spiro atoms. The van der Waals surface area contributed by atoms with Crippen LogP contribution in [0.25, 0.3) is 0 Å². The van der Waals surface area contributed by atoms with E-state index in [4.69, 9.17) is 14.6 Å². The maximum Gasteiger partial charge on any atom is 0.326 e. The predicted molar refractivity (Wildman–Crippen MR) is 72.7 cm³/mol. The molecule has 1 atom stereocenters. The molecule has 116 valence electrons. The van der Waals surface area contributed by atoms with E-state index in [2.05, 4.69) is 5.32 Å². The second-order valence-electron chi connectivity index (χ2n) is 4.76. The molecule has 0 aromatic carbocycles. The fourth-order valence-electron chi connectivity index (χ4n) is 2.19. The highest BCUT2D eigenvalue weighted by Crippen LogP contribution is 2.13. The summed E-state index contributed by atoms with van der Waals surface area (Å²) in [5, 5.41) is 11.6. The number of nitrogens with zero attached hydrogens (tertiary/aromatic N) is 1. The molecule has 1 saturated heterocycles. The number of carboxylic acid groups (broad SMARTS) is 1. The SMILES string of the molecule is CCOC1CCN(C(=O)NC(CCOC)C(=O)O)CC1. The van der Waals surface area contributed by atoms with Gasteiger partial charge in [-0.25, -0.2) is 9.59 Å². The molecule has 1 unspecified atom stereocenters. The molecule has 1 heterocycles. The maximum absolute atomic E-state index is 12.0. The largest absolute Gasteiger partial charge is 0.480 e. The van der Waals surface area contributed by atoms with Gasteiger partial charge in [-0.2, -0.15) is 0 Å². The Morgan fingerprint density at radius 3 is 2.55 bits per heavy atom. The number of urea groups is 1. The number of carboxylic acids is 1. The smallest absolute Gasteiger partial charge is 0.326 e. The molecule has 0 saturated carbocycles. The van der Waals surface area contributed by atoms with Gasteiger partial charge in [-0.05, 0) is 19.8 Å². The Kier molecular flexibility index (Phi) is 7.32. The van der Waals surface area contributed by atoms with E-state index in [1.807, 2.05) is 6.92 Å². The van der Waals surface area contributed by atoms with E-state index in [1.54, 1.807) is 4.90 Å². The number of rotatable bonds is 7. The summed E-state index contributed by atoms with van der Waals surface area (Å²) in [4.78, 5) is 24.7. The van der Waals surface area contributed by atoms with Gasteiger partial charge in [0.15, 0.2) is 0 Å². The molecule has 1 aliphatic heterocycles. The second-order valence-corrected chi connectivity index (χ2v) is 4.76. The molecule has 0 aromatic rings. The predicted octanol–water partition coefficient (Wildman–Crippen LogP) is 0.687. The van der Waals surface area contributed by atoms with E-state index in [0.29, 0.717) is 26.3 Å². The number of nitrogens with one attached hydrogen (secondary N) is 1. The van der Waals surface area contributed by atoms with Crippen LogP contribution in [-0.4, -0.2) is 67.6 Å². The monoisotopic (exact) mass is 288 g/mol. The summed E-state index contributed by atoms with van der Waals surface area (Å²) in [6.45, 7) is 4.10. The van der Waals surface area contributed by atoms with Crippen molar-refractivity contribution in [2.45, 2.75) is 38.3 Å². The van der Waals surface area contributed by atoms with Crippen LogP contribution >= 0.6 is 0 Å². The van der Waals surface area contributed by atoms with Crippen LogP contribution in [-0.2, 0) is 14.3 Å². The second kappa shape index (κ2) is 8.76. The minimum absolute atomic E-state index is 0.202. The highest BCUT2D eigenvalue weighted by molar-refractivity contribution is 5.82.